The number of benzene rings is 1. The molecule has 3 rings (SSSR count). The van der Waals surface area contributed by atoms with Crippen LogP contribution >= 0.6 is 22.9 Å². The first-order valence-electron chi connectivity index (χ1n) is 11.9. The zero-order valence-corrected chi connectivity index (χ0v) is 20.1. The van der Waals surface area contributed by atoms with Crippen LogP contribution in [0.4, 0.5) is 0 Å². The lowest BCUT2D eigenvalue weighted by Gasteiger charge is -2.16. The fourth-order valence-electron chi connectivity index (χ4n) is 4.18. The number of aliphatic hydroxyl groups excluding tert-OH is 2. The second-order valence-electron chi connectivity index (χ2n) is 8.36. The van der Waals surface area contributed by atoms with Crippen LogP contribution in [0, 0.1) is 11.8 Å². The van der Waals surface area contributed by atoms with Crippen molar-refractivity contribution in [1.82, 2.24) is 0 Å². The number of allylic oxidation sites excluding steroid dienone is 2. The summed E-state index contributed by atoms with van der Waals surface area (Å²) in [6.45, 7) is 0. The van der Waals surface area contributed by atoms with Crippen molar-refractivity contribution in [3.05, 3.63) is 58.5 Å². The highest BCUT2D eigenvalue weighted by Gasteiger charge is 2.39. The van der Waals surface area contributed by atoms with Crippen molar-refractivity contribution in [2.45, 2.75) is 57.2 Å². The number of carbonyl (C=O) groups is 2. The molecule has 33 heavy (non-hydrogen) atoms. The van der Waals surface area contributed by atoms with E-state index in [2.05, 4.69) is 4.74 Å². The van der Waals surface area contributed by atoms with Gasteiger partial charge in [-0.25, -0.2) is 0 Å². The monoisotopic (exact) mass is 491 g/mol. The molecule has 0 amide bonds. The summed E-state index contributed by atoms with van der Waals surface area (Å²) >= 11 is 8.12. The zero-order chi connectivity index (χ0) is 24.5. The molecule has 7 heteroatoms. The minimum atomic E-state index is -0.744. The molecular formula is C26H31ClO5S. The van der Waals surface area contributed by atoms with Gasteiger partial charge in [0, 0.05) is 39.6 Å². The van der Waals surface area contributed by atoms with Crippen LogP contribution in [0.2, 0.25) is 5.02 Å². The predicted molar refractivity (Wildman–Crippen MR) is 133 cm³/mol. The number of aliphatic hydroxyl groups is 2. The maximum atomic E-state index is 12.4. The minimum absolute atomic E-state index is 0.0253. The van der Waals surface area contributed by atoms with Gasteiger partial charge in [0.15, 0.2) is 0 Å². The number of hydrogen-bond donors (Lipinski definition) is 2. The lowest BCUT2D eigenvalue weighted by Crippen LogP contribution is -2.19. The van der Waals surface area contributed by atoms with E-state index in [1.807, 2.05) is 36.4 Å². The first-order chi connectivity index (χ1) is 16.4. The second kappa shape index (κ2) is 12.5. The first kappa shape index (κ1) is 24.1. The van der Waals surface area contributed by atoms with Crippen LogP contribution in [-0.2, 0) is 20.7 Å². The number of methoxy groups -OCH3 is 1. The largest absolute Gasteiger partial charge is 0.469 e. The smallest absolute Gasteiger partial charge is 0.305 e. The number of halogens is 1. The first-order valence-corrected chi connectivity index (χ1v) is 12.4. The van der Waals surface area contributed by atoms with E-state index in [-0.39, 0.29) is 43.5 Å². The van der Waals surface area contributed by atoms with E-state index < -0.39 is 12.2 Å². The van der Waals surface area contributed by atoms with E-state index in [9.17, 15) is 19.8 Å². The molecule has 0 radical (unpaired) electrons. The molecular weight excluding hydrogens is 460 g/mol. The Bertz CT molecular complexity index is 1030. The van der Waals surface area contributed by atoms with Crippen LogP contribution in [0.25, 0.3) is 10.1 Å². The fourth-order valence-corrected chi connectivity index (χ4v) is 5.72. The van der Waals surface area contributed by atoms with E-state index >= 15 is 0 Å². The third kappa shape index (κ3) is 7.00. The minimum Gasteiger partial charge on any atom is -0.469 e. The lowest BCUT2D eigenvalue weighted by molar-refractivity contribution is -0.140. The standard InChI is InChI=1S/C26H31ClO5S/c1-32-25(31)11-5-3-2-4-8-18-19(22(30)16-21(18)29)14-12-17(28)13-15-24-26(27)20-9-6-7-10-23(20)33-24/h2,4,6-7,9-10,12,14,17-19,22,28,30H,3,5,8,11,13,15-16H2,1H3/t17?,18-,19-,22-/m1/s1/i1D. The Hall–Kier alpha value is -1.99. The van der Waals surface area contributed by atoms with Crippen LogP contribution in [0.15, 0.2) is 48.6 Å². The molecule has 1 aromatic heterocycles. The van der Waals surface area contributed by atoms with Crippen molar-refractivity contribution in [3.63, 3.8) is 0 Å². The van der Waals surface area contributed by atoms with Gasteiger partial charge in [-0.05, 0) is 38.2 Å². The Morgan fingerprint density at radius 3 is 3.00 bits per heavy atom. The molecule has 2 N–H and O–H groups in total. The molecule has 1 aromatic carbocycles. The highest BCUT2D eigenvalue weighted by molar-refractivity contribution is 7.19. The quantitative estimate of drug-likeness (QED) is 0.254. The molecule has 5 nitrogen and oxygen atoms in total. The highest BCUT2D eigenvalue weighted by Crippen LogP contribution is 2.36. The Labute approximate surface area is 205 Å². The number of fused-ring (bicyclic) bond motifs is 1. The summed E-state index contributed by atoms with van der Waals surface area (Å²) in [5.41, 5.74) is 0. The van der Waals surface area contributed by atoms with Crippen LogP contribution in [-0.4, -0.2) is 41.3 Å². The van der Waals surface area contributed by atoms with Gasteiger partial charge in [-0.3, -0.25) is 9.59 Å². The Kier molecular flexibility index (Phi) is 9.12. The van der Waals surface area contributed by atoms with Gasteiger partial charge in [-0.2, -0.15) is 0 Å². The van der Waals surface area contributed by atoms with Crippen molar-refractivity contribution in [2.75, 3.05) is 7.09 Å². The van der Waals surface area contributed by atoms with E-state index in [0.29, 0.717) is 32.1 Å². The summed E-state index contributed by atoms with van der Waals surface area (Å²) in [6, 6.07) is 7.97. The number of rotatable bonds is 11. The normalized spacial score (nSPS) is 22.5. The third-order valence-corrected chi connectivity index (χ3v) is 7.80. The number of hydrogen-bond acceptors (Lipinski definition) is 6. The summed E-state index contributed by atoms with van der Waals surface area (Å²) in [4.78, 5) is 24.7. The second-order valence-corrected chi connectivity index (χ2v) is 9.88. The molecule has 1 heterocycles. The predicted octanol–water partition coefficient (Wildman–Crippen LogP) is 5.26. The zero-order valence-electron chi connectivity index (χ0n) is 19.5. The molecule has 0 aliphatic heterocycles. The molecule has 2 aromatic rings. The molecule has 1 fully saturated rings. The van der Waals surface area contributed by atoms with Crippen LogP contribution in [0.1, 0.15) is 44.8 Å². The number of ether oxygens (including phenoxy) is 1. The summed E-state index contributed by atoms with van der Waals surface area (Å²) in [5, 5.41) is 22.6. The summed E-state index contributed by atoms with van der Waals surface area (Å²) in [6.07, 6.45) is 9.22. The number of ketones is 1. The van der Waals surface area contributed by atoms with Crippen molar-refractivity contribution in [3.8, 4) is 0 Å². The van der Waals surface area contributed by atoms with Gasteiger partial charge < -0.3 is 14.9 Å². The number of aryl methyl sites for hydroxylation is 1. The van der Waals surface area contributed by atoms with Crippen LogP contribution < -0.4 is 0 Å². The number of unbranched alkanes of at least 4 members (excludes halogenated alkanes) is 1. The van der Waals surface area contributed by atoms with Crippen molar-refractivity contribution < 1.29 is 25.9 Å². The molecule has 178 valence electrons. The van der Waals surface area contributed by atoms with E-state index in [1.54, 1.807) is 23.5 Å². The van der Waals surface area contributed by atoms with E-state index in [1.165, 1.54) is 0 Å². The molecule has 1 aliphatic rings. The number of esters is 1. The van der Waals surface area contributed by atoms with Gasteiger partial charge in [0.25, 0.3) is 0 Å². The Morgan fingerprint density at radius 1 is 1.39 bits per heavy atom. The topological polar surface area (TPSA) is 83.8 Å². The maximum Gasteiger partial charge on any atom is 0.305 e. The van der Waals surface area contributed by atoms with Crippen LogP contribution in [0.3, 0.4) is 0 Å². The van der Waals surface area contributed by atoms with E-state index in [4.69, 9.17) is 13.0 Å². The average molecular weight is 492 g/mol. The molecule has 4 atom stereocenters. The summed E-state index contributed by atoms with van der Waals surface area (Å²) in [7, 11) is -0.358. The summed E-state index contributed by atoms with van der Waals surface area (Å²) < 4.78 is 12.5. The van der Waals surface area contributed by atoms with Crippen molar-refractivity contribution in [2.24, 2.45) is 11.8 Å². The maximum absolute atomic E-state index is 12.4. The number of thiophene rings is 1. The Morgan fingerprint density at radius 2 is 2.21 bits per heavy atom. The molecule has 0 spiro atoms. The molecule has 0 saturated heterocycles. The van der Waals surface area contributed by atoms with E-state index in [0.717, 1.165) is 20.0 Å². The van der Waals surface area contributed by atoms with Crippen molar-refractivity contribution in [1.29, 1.82) is 0 Å². The van der Waals surface area contributed by atoms with Crippen molar-refractivity contribution >= 4 is 44.8 Å². The van der Waals surface area contributed by atoms with Crippen LogP contribution in [0.5, 0.6) is 0 Å². The SMILES string of the molecule is [2H]COC(=O)CCCC=CC[C@H]1C(=O)C[C@@H](O)[C@@H]1C=CC(O)CCc1sc2ccccc2c1Cl. The molecule has 1 unspecified atom stereocenters. The molecule has 1 aliphatic carbocycles. The van der Waals surface area contributed by atoms with Gasteiger partial charge in [0.2, 0.25) is 0 Å². The fraction of sp³-hybridized carbons (Fsp3) is 0.462. The average Bonchev–Trinajstić information content (AvgIpc) is 3.28. The number of Topliss-reactive ketones (excluding diaryl/α,β-unsaturated/α-hetero) is 1. The lowest BCUT2D eigenvalue weighted by atomic mass is 9.90. The highest BCUT2D eigenvalue weighted by atomic mass is 35.5. The molecule has 1 saturated carbocycles. The summed E-state index contributed by atoms with van der Waals surface area (Å²) in [5.74, 6) is -1.000. The van der Waals surface area contributed by atoms with Gasteiger partial charge in [-0.1, -0.05) is 54.1 Å². The van der Waals surface area contributed by atoms with Gasteiger partial charge in [-0.15, -0.1) is 11.3 Å². The van der Waals surface area contributed by atoms with Gasteiger partial charge in [0.1, 0.15) is 5.78 Å². The van der Waals surface area contributed by atoms with Gasteiger partial charge in [0.05, 0.1) is 25.7 Å². The Balaban J connectivity index is 1.49. The molecule has 0 bridgehead atoms. The third-order valence-electron chi connectivity index (χ3n) is 6.03. The number of carbonyl (C=O) groups excluding carboxylic acids is 2. The van der Waals surface area contributed by atoms with Gasteiger partial charge >= 0.3 is 5.97 Å².